The van der Waals surface area contributed by atoms with Crippen LogP contribution in [0.4, 0.5) is 0 Å². The molecule has 0 radical (unpaired) electrons. The fraction of sp³-hybridized carbons (Fsp3) is 0.467. The van der Waals surface area contributed by atoms with Crippen LogP contribution in [0.2, 0.25) is 0 Å². The Morgan fingerprint density at radius 2 is 2.21 bits per heavy atom. The number of hydrogen-bond acceptors (Lipinski definition) is 2. The van der Waals surface area contributed by atoms with Crippen LogP contribution < -0.4 is 5.32 Å². The summed E-state index contributed by atoms with van der Waals surface area (Å²) in [5, 5.41) is 3.04. The Balaban J connectivity index is 1.70. The van der Waals surface area contributed by atoms with Gasteiger partial charge in [0, 0.05) is 19.2 Å². The maximum Gasteiger partial charge on any atom is 0.251 e. The van der Waals surface area contributed by atoms with Crippen LogP contribution in [0, 0.1) is 5.92 Å². The molecule has 1 aliphatic rings. The normalized spacial score (nSPS) is 16.1. The highest BCUT2D eigenvalue weighted by atomic mass is 16.1. The van der Waals surface area contributed by atoms with Crippen molar-refractivity contribution < 1.29 is 4.79 Å². The van der Waals surface area contributed by atoms with E-state index in [-0.39, 0.29) is 5.91 Å². The van der Waals surface area contributed by atoms with E-state index in [4.69, 9.17) is 0 Å². The summed E-state index contributed by atoms with van der Waals surface area (Å²) in [5.41, 5.74) is 2.62. The van der Waals surface area contributed by atoms with E-state index in [0.717, 1.165) is 17.6 Å². The average molecular weight is 257 g/mol. The molecule has 0 aliphatic heterocycles. The zero-order chi connectivity index (χ0) is 13.2. The molecule has 1 amide bonds. The lowest BCUT2D eigenvalue weighted by molar-refractivity contribution is 0.0947. The number of aromatic nitrogens is 2. The van der Waals surface area contributed by atoms with Gasteiger partial charge in [0.25, 0.3) is 5.91 Å². The van der Waals surface area contributed by atoms with Gasteiger partial charge in [-0.2, -0.15) is 0 Å². The second-order valence-corrected chi connectivity index (χ2v) is 5.42. The van der Waals surface area contributed by atoms with Gasteiger partial charge in [-0.05, 0) is 37.0 Å². The zero-order valence-corrected chi connectivity index (χ0v) is 11.2. The minimum atomic E-state index is 0.0134. The molecule has 3 rings (SSSR count). The smallest absolute Gasteiger partial charge is 0.251 e. The predicted octanol–water partition coefficient (Wildman–Crippen LogP) is 2.49. The maximum absolute atomic E-state index is 12.1. The lowest BCUT2D eigenvalue weighted by Crippen LogP contribution is -2.28. The molecule has 4 heteroatoms. The Kier molecular flexibility index (Phi) is 3.23. The van der Waals surface area contributed by atoms with Crippen LogP contribution in [0.1, 0.15) is 36.0 Å². The van der Waals surface area contributed by atoms with Gasteiger partial charge in [-0.25, -0.2) is 4.98 Å². The van der Waals surface area contributed by atoms with Gasteiger partial charge in [-0.3, -0.25) is 4.79 Å². The number of rotatable bonds is 3. The molecular weight excluding hydrogens is 238 g/mol. The van der Waals surface area contributed by atoms with Crippen LogP contribution in [0.5, 0.6) is 0 Å². The first-order chi connectivity index (χ1) is 9.24. The first-order valence-electron chi connectivity index (χ1n) is 6.93. The molecule has 1 aromatic heterocycles. The largest absolute Gasteiger partial charge is 0.352 e. The molecule has 1 aromatic carbocycles. The number of aryl methyl sites for hydroxylation is 1. The summed E-state index contributed by atoms with van der Waals surface area (Å²) in [6.45, 7) is 0.805. The zero-order valence-electron chi connectivity index (χ0n) is 11.2. The van der Waals surface area contributed by atoms with Crippen molar-refractivity contribution >= 4 is 16.9 Å². The standard InChI is InChI=1S/C15H19N3O/c1-18-10-17-13-8-12(6-7-14(13)18)15(19)16-9-11-4-2-3-5-11/h6-8,10-11H,2-5,9H2,1H3,(H,16,19). The molecule has 1 N–H and O–H groups in total. The molecular formula is C15H19N3O. The fourth-order valence-electron chi connectivity index (χ4n) is 2.83. The minimum absolute atomic E-state index is 0.0134. The van der Waals surface area contributed by atoms with Gasteiger partial charge in [-0.15, -0.1) is 0 Å². The summed E-state index contributed by atoms with van der Waals surface area (Å²) < 4.78 is 1.95. The first-order valence-corrected chi connectivity index (χ1v) is 6.93. The third-order valence-electron chi connectivity index (χ3n) is 4.01. The van der Waals surface area contributed by atoms with Crippen LogP contribution >= 0.6 is 0 Å². The number of hydrogen-bond donors (Lipinski definition) is 1. The lowest BCUT2D eigenvalue weighted by atomic mass is 10.1. The van der Waals surface area contributed by atoms with E-state index >= 15 is 0 Å². The van der Waals surface area contributed by atoms with Gasteiger partial charge in [0.2, 0.25) is 0 Å². The quantitative estimate of drug-likeness (QED) is 0.918. The molecule has 0 spiro atoms. The van der Waals surface area contributed by atoms with Gasteiger partial charge in [-0.1, -0.05) is 12.8 Å². The Labute approximate surface area is 112 Å². The Hall–Kier alpha value is -1.84. The third-order valence-corrected chi connectivity index (χ3v) is 4.01. The molecule has 4 nitrogen and oxygen atoms in total. The number of imidazole rings is 1. The molecule has 1 saturated carbocycles. The van der Waals surface area contributed by atoms with Crippen molar-refractivity contribution in [1.29, 1.82) is 0 Å². The van der Waals surface area contributed by atoms with E-state index in [1.54, 1.807) is 6.33 Å². The van der Waals surface area contributed by atoms with E-state index in [9.17, 15) is 4.79 Å². The lowest BCUT2D eigenvalue weighted by Gasteiger charge is -2.10. The van der Waals surface area contributed by atoms with E-state index in [0.29, 0.717) is 11.5 Å². The summed E-state index contributed by atoms with van der Waals surface area (Å²) in [6, 6.07) is 5.68. The Morgan fingerprint density at radius 3 is 3.00 bits per heavy atom. The summed E-state index contributed by atoms with van der Waals surface area (Å²) in [5.74, 6) is 0.682. The van der Waals surface area contributed by atoms with E-state index < -0.39 is 0 Å². The molecule has 100 valence electrons. The number of fused-ring (bicyclic) bond motifs is 1. The summed E-state index contributed by atoms with van der Waals surface area (Å²) in [7, 11) is 1.95. The van der Waals surface area contributed by atoms with Crippen molar-refractivity contribution in [3.63, 3.8) is 0 Å². The van der Waals surface area contributed by atoms with Crippen LogP contribution in [-0.4, -0.2) is 22.0 Å². The van der Waals surface area contributed by atoms with Crippen molar-refractivity contribution in [3.8, 4) is 0 Å². The van der Waals surface area contributed by atoms with Crippen molar-refractivity contribution in [2.75, 3.05) is 6.54 Å². The number of benzene rings is 1. The summed E-state index contributed by atoms with van der Waals surface area (Å²) in [6.07, 6.45) is 6.88. The van der Waals surface area contributed by atoms with Crippen LogP contribution in [-0.2, 0) is 7.05 Å². The van der Waals surface area contributed by atoms with Crippen LogP contribution in [0.3, 0.4) is 0 Å². The molecule has 0 bridgehead atoms. The number of nitrogens with zero attached hydrogens (tertiary/aromatic N) is 2. The highest BCUT2D eigenvalue weighted by Gasteiger charge is 2.16. The summed E-state index contributed by atoms with van der Waals surface area (Å²) in [4.78, 5) is 16.4. The van der Waals surface area contributed by atoms with Gasteiger partial charge >= 0.3 is 0 Å². The van der Waals surface area contributed by atoms with Gasteiger partial charge in [0.15, 0.2) is 0 Å². The molecule has 0 unspecified atom stereocenters. The topological polar surface area (TPSA) is 46.9 Å². The second-order valence-electron chi connectivity index (χ2n) is 5.42. The maximum atomic E-state index is 12.1. The summed E-state index contributed by atoms with van der Waals surface area (Å²) >= 11 is 0. The predicted molar refractivity (Wildman–Crippen MR) is 75.0 cm³/mol. The van der Waals surface area contributed by atoms with Gasteiger partial charge < -0.3 is 9.88 Å². The monoisotopic (exact) mass is 257 g/mol. The molecule has 19 heavy (non-hydrogen) atoms. The van der Waals surface area contributed by atoms with Crippen LogP contribution in [0.25, 0.3) is 11.0 Å². The highest BCUT2D eigenvalue weighted by Crippen LogP contribution is 2.23. The molecule has 2 aromatic rings. The molecule has 1 heterocycles. The van der Waals surface area contributed by atoms with Crippen molar-refractivity contribution in [2.45, 2.75) is 25.7 Å². The Bertz CT molecular complexity index is 596. The van der Waals surface area contributed by atoms with E-state index in [1.165, 1.54) is 25.7 Å². The average Bonchev–Trinajstić information content (AvgIpc) is 3.06. The first kappa shape index (κ1) is 12.2. The molecule has 1 aliphatic carbocycles. The third kappa shape index (κ3) is 2.48. The van der Waals surface area contributed by atoms with Crippen LogP contribution in [0.15, 0.2) is 24.5 Å². The highest BCUT2D eigenvalue weighted by molar-refractivity contribution is 5.97. The SMILES string of the molecule is Cn1cnc2cc(C(=O)NCC3CCCC3)ccc21. The molecule has 0 saturated heterocycles. The van der Waals surface area contributed by atoms with Crippen molar-refractivity contribution in [3.05, 3.63) is 30.1 Å². The second kappa shape index (κ2) is 5.03. The number of carbonyl (C=O) groups is 1. The van der Waals surface area contributed by atoms with Crippen molar-refractivity contribution in [1.82, 2.24) is 14.9 Å². The number of nitrogens with one attached hydrogen (secondary N) is 1. The van der Waals surface area contributed by atoms with E-state index in [2.05, 4.69) is 10.3 Å². The fourth-order valence-corrected chi connectivity index (χ4v) is 2.83. The molecule has 0 atom stereocenters. The van der Waals surface area contributed by atoms with E-state index in [1.807, 2.05) is 29.8 Å². The minimum Gasteiger partial charge on any atom is -0.352 e. The molecule has 1 fully saturated rings. The van der Waals surface area contributed by atoms with Gasteiger partial charge in [0.05, 0.1) is 17.4 Å². The van der Waals surface area contributed by atoms with Crippen molar-refractivity contribution in [2.24, 2.45) is 13.0 Å². The number of carbonyl (C=O) groups excluding carboxylic acids is 1. The Morgan fingerprint density at radius 1 is 1.42 bits per heavy atom. The number of amides is 1. The van der Waals surface area contributed by atoms with Gasteiger partial charge in [0.1, 0.15) is 0 Å².